The molecule has 0 spiro atoms. The van der Waals surface area contributed by atoms with Crippen LogP contribution in [-0.2, 0) is 0 Å². The van der Waals surface area contributed by atoms with E-state index in [0.717, 1.165) is 0 Å². The Morgan fingerprint density at radius 2 is 2.50 bits per heavy atom. The van der Waals surface area contributed by atoms with Crippen molar-refractivity contribution in [2.24, 2.45) is 0 Å². The smallest absolute Gasteiger partial charge is 0.123 e. The van der Waals surface area contributed by atoms with Crippen LogP contribution in [-0.4, -0.2) is 6.17 Å². The molecule has 1 rings (SSSR count). The fourth-order valence-electron chi connectivity index (χ4n) is 0.603. The van der Waals surface area contributed by atoms with Gasteiger partial charge in [0, 0.05) is 11.5 Å². The predicted octanol–water partition coefficient (Wildman–Crippen LogP) is 2.41. The number of rotatable bonds is 0. The molecule has 0 N–H and O–H groups in total. The van der Waals surface area contributed by atoms with Gasteiger partial charge in [-0.15, -0.1) is 0 Å². The lowest BCUT2D eigenvalue weighted by Crippen LogP contribution is -1.97. The molecule has 0 saturated heterocycles. The minimum Gasteiger partial charge on any atom is -0.243 e. The van der Waals surface area contributed by atoms with Crippen LogP contribution >= 0.6 is 11.6 Å². The van der Waals surface area contributed by atoms with Gasteiger partial charge in [0.15, 0.2) is 0 Å². The summed E-state index contributed by atoms with van der Waals surface area (Å²) in [6, 6.07) is 0. The molecule has 1 atom stereocenters. The summed E-state index contributed by atoms with van der Waals surface area (Å²) in [4.78, 5) is 0. The molecule has 0 aromatic carbocycles. The third-order valence-corrected chi connectivity index (χ3v) is 1.27. The van der Waals surface area contributed by atoms with Crippen LogP contribution in [0.25, 0.3) is 0 Å². The highest BCUT2D eigenvalue weighted by molar-refractivity contribution is 6.29. The lowest BCUT2D eigenvalue weighted by atomic mass is 10.2. The third kappa shape index (κ3) is 1.34. The summed E-state index contributed by atoms with van der Waals surface area (Å²) in [7, 11) is 0. The quantitative estimate of drug-likeness (QED) is 0.475. The largest absolute Gasteiger partial charge is 0.243 e. The molecular formula is C6H6ClF. The maximum Gasteiger partial charge on any atom is 0.123 e. The molecule has 0 heterocycles. The van der Waals surface area contributed by atoms with Crippen molar-refractivity contribution in [3.63, 3.8) is 0 Å². The topological polar surface area (TPSA) is 0 Å². The van der Waals surface area contributed by atoms with Crippen LogP contribution in [0.4, 0.5) is 4.39 Å². The van der Waals surface area contributed by atoms with Gasteiger partial charge in [0.1, 0.15) is 6.17 Å². The number of alkyl halides is 1. The van der Waals surface area contributed by atoms with Gasteiger partial charge < -0.3 is 0 Å². The first-order valence-corrected chi connectivity index (χ1v) is 2.84. The fraction of sp³-hybridized carbons (Fsp3) is 0.333. The molecule has 1 aliphatic carbocycles. The average Bonchev–Trinajstić information content (AvgIpc) is 1.64. The molecule has 8 heavy (non-hydrogen) atoms. The molecule has 0 aromatic rings. The summed E-state index contributed by atoms with van der Waals surface area (Å²) in [6.07, 6.45) is 4.31. The normalized spacial score (nSPS) is 27.8. The second-order valence-electron chi connectivity index (χ2n) is 1.72. The van der Waals surface area contributed by atoms with Gasteiger partial charge >= 0.3 is 0 Å². The molecule has 0 bridgehead atoms. The molecule has 2 heteroatoms. The van der Waals surface area contributed by atoms with Crippen LogP contribution in [0.5, 0.6) is 0 Å². The minimum absolute atomic E-state index is 0.345. The zero-order valence-corrected chi connectivity index (χ0v) is 5.03. The Labute approximate surface area is 52.6 Å². The first-order valence-electron chi connectivity index (χ1n) is 2.46. The zero-order valence-electron chi connectivity index (χ0n) is 4.27. The van der Waals surface area contributed by atoms with Gasteiger partial charge in [0.05, 0.1) is 0 Å². The van der Waals surface area contributed by atoms with Crippen molar-refractivity contribution >= 4 is 11.6 Å². The van der Waals surface area contributed by atoms with Crippen LogP contribution in [0.15, 0.2) is 23.3 Å². The van der Waals surface area contributed by atoms with Gasteiger partial charge in [0.2, 0.25) is 0 Å². The highest BCUT2D eigenvalue weighted by Crippen LogP contribution is 2.17. The van der Waals surface area contributed by atoms with Crippen LogP contribution in [0.1, 0.15) is 6.42 Å². The summed E-state index contributed by atoms with van der Waals surface area (Å²) >= 11 is 5.48. The Kier molecular flexibility index (Phi) is 1.69. The molecule has 0 saturated carbocycles. The van der Waals surface area contributed by atoms with E-state index in [2.05, 4.69) is 0 Å². The Balaban J connectivity index is 2.59. The SMILES string of the molecule is FC1C=CC=C(Cl)C1. The summed E-state index contributed by atoms with van der Waals surface area (Å²) in [6.45, 7) is 0. The summed E-state index contributed by atoms with van der Waals surface area (Å²) in [5.41, 5.74) is 0. The molecule has 44 valence electrons. The lowest BCUT2D eigenvalue weighted by Gasteiger charge is -2.03. The van der Waals surface area contributed by atoms with Crippen molar-refractivity contribution in [3.05, 3.63) is 23.3 Å². The van der Waals surface area contributed by atoms with Gasteiger partial charge in [0.25, 0.3) is 0 Å². The fourth-order valence-corrected chi connectivity index (χ4v) is 0.823. The van der Waals surface area contributed by atoms with E-state index in [0.29, 0.717) is 11.5 Å². The van der Waals surface area contributed by atoms with E-state index in [1.54, 1.807) is 12.2 Å². The van der Waals surface area contributed by atoms with E-state index < -0.39 is 6.17 Å². The molecule has 1 aliphatic rings. The monoisotopic (exact) mass is 132 g/mol. The van der Waals surface area contributed by atoms with Gasteiger partial charge in [-0.25, -0.2) is 4.39 Å². The van der Waals surface area contributed by atoms with Crippen LogP contribution in [0.3, 0.4) is 0 Å². The van der Waals surface area contributed by atoms with E-state index in [1.165, 1.54) is 6.08 Å². The standard InChI is InChI=1S/C6H6ClF/c7-5-2-1-3-6(8)4-5/h1-3,6H,4H2. The van der Waals surface area contributed by atoms with Crippen molar-refractivity contribution in [2.75, 3.05) is 0 Å². The maximum absolute atomic E-state index is 12.2. The van der Waals surface area contributed by atoms with E-state index in [4.69, 9.17) is 11.6 Å². The molecular weight excluding hydrogens is 127 g/mol. The molecule has 0 aliphatic heterocycles. The van der Waals surface area contributed by atoms with Crippen molar-refractivity contribution in [3.8, 4) is 0 Å². The second kappa shape index (κ2) is 2.31. The van der Waals surface area contributed by atoms with E-state index in [9.17, 15) is 4.39 Å². The lowest BCUT2D eigenvalue weighted by molar-refractivity contribution is 0.399. The van der Waals surface area contributed by atoms with Gasteiger partial charge in [-0.3, -0.25) is 0 Å². The average molecular weight is 133 g/mol. The van der Waals surface area contributed by atoms with Crippen molar-refractivity contribution in [1.82, 2.24) is 0 Å². The highest BCUT2D eigenvalue weighted by Gasteiger charge is 2.05. The molecule has 0 nitrogen and oxygen atoms in total. The van der Waals surface area contributed by atoms with Crippen molar-refractivity contribution < 1.29 is 4.39 Å². The van der Waals surface area contributed by atoms with Crippen LogP contribution < -0.4 is 0 Å². The van der Waals surface area contributed by atoms with Crippen LogP contribution in [0.2, 0.25) is 0 Å². The summed E-state index contributed by atoms with van der Waals surface area (Å²) < 4.78 is 12.2. The Bertz CT molecular complexity index is 137. The summed E-state index contributed by atoms with van der Waals surface area (Å²) in [5, 5.41) is 0.597. The number of allylic oxidation sites excluding steroid dienone is 4. The van der Waals surface area contributed by atoms with Crippen molar-refractivity contribution in [2.45, 2.75) is 12.6 Å². The van der Waals surface area contributed by atoms with E-state index >= 15 is 0 Å². The predicted molar refractivity (Wildman–Crippen MR) is 32.6 cm³/mol. The number of halogens is 2. The molecule has 1 unspecified atom stereocenters. The van der Waals surface area contributed by atoms with Crippen LogP contribution in [0, 0.1) is 0 Å². The second-order valence-corrected chi connectivity index (χ2v) is 2.20. The van der Waals surface area contributed by atoms with Crippen molar-refractivity contribution in [1.29, 1.82) is 0 Å². The third-order valence-electron chi connectivity index (χ3n) is 0.987. The molecule has 0 fully saturated rings. The number of hydrogen-bond donors (Lipinski definition) is 0. The van der Waals surface area contributed by atoms with E-state index in [-0.39, 0.29) is 0 Å². The first kappa shape index (κ1) is 5.83. The minimum atomic E-state index is -0.868. The van der Waals surface area contributed by atoms with E-state index in [1.807, 2.05) is 0 Å². The maximum atomic E-state index is 12.2. The Morgan fingerprint density at radius 3 is 2.88 bits per heavy atom. The highest BCUT2D eigenvalue weighted by atomic mass is 35.5. The summed E-state index contributed by atoms with van der Waals surface area (Å²) in [5.74, 6) is 0. The van der Waals surface area contributed by atoms with Gasteiger partial charge in [-0.05, 0) is 6.08 Å². The molecule has 0 amide bonds. The first-order chi connectivity index (χ1) is 3.79. The Morgan fingerprint density at radius 1 is 1.75 bits per heavy atom. The zero-order chi connectivity index (χ0) is 5.98. The molecule has 0 radical (unpaired) electrons. The Hall–Kier alpha value is -0.300. The molecule has 0 aromatic heterocycles. The number of hydrogen-bond acceptors (Lipinski definition) is 0. The van der Waals surface area contributed by atoms with Gasteiger partial charge in [-0.2, -0.15) is 0 Å². The van der Waals surface area contributed by atoms with Gasteiger partial charge in [-0.1, -0.05) is 23.8 Å².